The van der Waals surface area contributed by atoms with E-state index in [1.807, 2.05) is 6.07 Å². The molecular weight excluding hydrogens is 190 g/mol. The number of aryl methyl sites for hydroxylation is 1. The van der Waals surface area contributed by atoms with Crippen LogP contribution in [0, 0.1) is 18.3 Å². The van der Waals surface area contributed by atoms with Gasteiger partial charge < -0.3 is 5.11 Å². The standard InChI is InChI=1S/C9H6ClNO2/c1-5-2-8(10)7(9(12)13)3-6(5)4-11/h2-3H,1H3,(H,12,13). The van der Waals surface area contributed by atoms with Crippen molar-refractivity contribution in [3.63, 3.8) is 0 Å². The Labute approximate surface area is 80.2 Å². The number of halogens is 1. The largest absolute Gasteiger partial charge is 0.478 e. The van der Waals surface area contributed by atoms with Crippen LogP contribution >= 0.6 is 11.6 Å². The number of carbonyl (C=O) groups is 1. The molecule has 13 heavy (non-hydrogen) atoms. The second-order valence-corrected chi connectivity index (χ2v) is 2.97. The van der Waals surface area contributed by atoms with Crippen LogP contribution in [0.5, 0.6) is 0 Å². The molecule has 0 spiro atoms. The molecule has 0 unspecified atom stereocenters. The minimum absolute atomic E-state index is 0.0381. The molecule has 1 N–H and O–H groups in total. The number of benzene rings is 1. The molecule has 0 aliphatic heterocycles. The summed E-state index contributed by atoms with van der Waals surface area (Å²) >= 11 is 5.66. The normalized spacial score (nSPS) is 9.31. The summed E-state index contributed by atoms with van der Waals surface area (Å²) in [7, 11) is 0. The molecule has 66 valence electrons. The van der Waals surface area contributed by atoms with Crippen molar-refractivity contribution in [3.05, 3.63) is 33.8 Å². The van der Waals surface area contributed by atoms with Gasteiger partial charge in [0, 0.05) is 0 Å². The smallest absolute Gasteiger partial charge is 0.337 e. The van der Waals surface area contributed by atoms with Gasteiger partial charge in [0.05, 0.1) is 22.2 Å². The molecule has 0 aliphatic carbocycles. The van der Waals surface area contributed by atoms with Crippen molar-refractivity contribution in [2.24, 2.45) is 0 Å². The molecule has 0 saturated heterocycles. The average molecular weight is 196 g/mol. The Morgan fingerprint density at radius 2 is 2.23 bits per heavy atom. The first kappa shape index (κ1) is 9.56. The highest BCUT2D eigenvalue weighted by Crippen LogP contribution is 2.20. The van der Waals surface area contributed by atoms with Gasteiger partial charge >= 0.3 is 5.97 Å². The van der Waals surface area contributed by atoms with Crippen molar-refractivity contribution in [2.75, 3.05) is 0 Å². The van der Waals surface area contributed by atoms with Gasteiger partial charge in [0.25, 0.3) is 0 Å². The van der Waals surface area contributed by atoms with E-state index in [2.05, 4.69) is 0 Å². The number of rotatable bonds is 1. The van der Waals surface area contributed by atoms with Crippen LogP contribution in [0.1, 0.15) is 21.5 Å². The SMILES string of the molecule is Cc1cc(Cl)c(C(=O)O)cc1C#N. The number of hydrogen-bond acceptors (Lipinski definition) is 2. The lowest BCUT2D eigenvalue weighted by Crippen LogP contribution is -1.99. The monoisotopic (exact) mass is 195 g/mol. The van der Waals surface area contributed by atoms with E-state index in [1.54, 1.807) is 6.92 Å². The molecule has 0 radical (unpaired) electrons. The third-order valence-corrected chi connectivity index (χ3v) is 1.98. The minimum Gasteiger partial charge on any atom is -0.478 e. The Hall–Kier alpha value is -1.53. The molecule has 1 aromatic carbocycles. The van der Waals surface area contributed by atoms with Gasteiger partial charge in [-0.3, -0.25) is 0 Å². The third kappa shape index (κ3) is 1.79. The van der Waals surface area contributed by atoms with Gasteiger partial charge in [-0.05, 0) is 24.6 Å². The molecule has 0 amide bonds. The Balaban J connectivity index is 3.41. The van der Waals surface area contributed by atoms with E-state index in [0.717, 1.165) is 0 Å². The topological polar surface area (TPSA) is 61.1 Å². The fourth-order valence-corrected chi connectivity index (χ4v) is 1.26. The molecular formula is C9H6ClNO2. The van der Waals surface area contributed by atoms with Crippen LogP contribution in [0.25, 0.3) is 0 Å². The maximum atomic E-state index is 10.6. The zero-order valence-electron chi connectivity index (χ0n) is 6.84. The van der Waals surface area contributed by atoms with Crippen LogP contribution in [0.2, 0.25) is 5.02 Å². The van der Waals surface area contributed by atoms with Crippen molar-refractivity contribution < 1.29 is 9.90 Å². The summed E-state index contributed by atoms with van der Waals surface area (Å²) in [6, 6.07) is 4.65. The molecule has 0 bridgehead atoms. The van der Waals surface area contributed by atoms with Gasteiger partial charge in [-0.2, -0.15) is 5.26 Å². The molecule has 1 rings (SSSR count). The number of carboxylic acid groups (broad SMARTS) is 1. The van der Waals surface area contributed by atoms with Crippen LogP contribution in [0.4, 0.5) is 0 Å². The van der Waals surface area contributed by atoms with E-state index < -0.39 is 5.97 Å². The van der Waals surface area contributed by atoms with Gasteiger partial charge in [-0.1, -0.05) is 11.6 Å². The van der Waals surface area contributed by atoms with Crippen LogP contribution in [0.3, 0.4) is 0 Å². The molecule has 1 aromatic rings. The van der Waals surface area contributed by atoms with Gasteiger partial charge in [-0.15, -0.1) is 0 Å². The van der Waals surface area contributed by atoms with Crippen molar-refractivity contribution in [3.8, 4) is 6.07 Å². The van der Waals surface area contributed by atoms with Crippen LogP contribution < -0.4 is 0 Å². The van der Waals surface area contributed by atoms with Crippen LogP contribution in [-0.2, 0) is 0 Å². The molecule has 0 heterocycles. The number of aromatic carboxylic acids is 1. The van der Waals surface area contributed by atoms with Gasteiger partial charge in [0.15, 0.2) is 0 Å². The summed E-state index contributed by atoms with van der Waals surface area (Å²) in [6.07, 6.45) is 0. The molecule has 0 atom stereocenters. The second-order valence-electron chi connectivity index (χ2n) is 2.56. The van der Waals surface area contributed by atoms with Gasteiger partial charge in [0.1, 0.15) is 0 Å². The van der Waals surface area contributed by atoms with Crippen LogP contribution in [0.15, 0.2) is 12.1 Å². The van der Waals surface area contributed by atoms with Crippen LogP contribution in [-0.4, -0.2) is 11.1 Å². The van der Waals surface area contributed by atoms with Crippen molar-refractivity contribution in [1.29, 1.82) is 5.26 Å². The summed E-state index contributed by atoms with van der Waals surface area (Å²) in [5.74, 6) is -1.12. The first-order valence-electron chi connectivity index (χ1n) is 3.50. The summed E-state index contributed by atoms with van der Waals surface area (Å²) in [6.45, 7) is 1.70. The van der Waals surface area contributed by atoms with E-state index in [1.165, 1.54) is 12.1 Å². The van der Waals surface area contributed by atoms with Gasteiger partial charge in [-0.25, -0.2) is 4.79 Å². The number of hydrogen-bond donors (Lipinski definition) is 1. The Morgan fingerprint density at radius 3 is 2.69 bits per heavy atom. The van der Waals surface area contributed by atoms with Gasteiger partial charge in [0.2, 0.25) is 0 Å². The van der Waals surface area contributed by atoms with E-state index >= 15 is 0 Å². The zero-order chi connectivity index (χ0) is 10.0. The van der Waals surface area contributed by atoms with Crippen molar-refractivity contribution in [1.82, 2.24) is 0 Å². The second kappa shape index (κ2) is 3.46. The van der Waals surface area contributed by atoms with E-state index in [4.69, 9.17) is 22.0 Å². The number of nitrogens with zero attached hydrogens (tertiary/aromatic N) is 1. The average Bonchev–Trinajstić information content (AvgIpc) is 2.03. The van der Waals surface area contributed by atoms with E-state index in [0.29, 0.717) is 11.1 Å². The maximum Gasteiger partial charge on any atom is 0.337 e. The predicted octanol–water partition coefficient (Wildman–Crippen LogP) is 2.22. The molecule has 0 fully saturated rings. The highest BCUT2D eigenvalue weighted by Gasteiger charge is 2.11. The molecule has 3 nitrogen and oxygen atoms in total. The predicted molar refractivity (Wildman–Crippen MR) is 47.9 cm³/mol. The fourth-order valence-electron chi connectivity index (χ4n) is 0.957. The lowest BCUT2D eigenvalue weighted by atomic mass is 10.1. The highest BCUT2D eigenvalue weighted by atomic mass is 35.5. The summed E-state index contributed by atoms with van der Waals surface area (Å²) in [4.78, 5) is 10.6. The van der Waals surface area contributed by atoms with E-state index in [9.17, 15) is 4.79 Å². The lowest BCUT2D eigenvalue weighted by molar-refractivity contribution is 0.0697. The quantitative estimate of drug-likeness (QED) is 0.748. The fraction of sp³-hybridized carbons (Fsp3) is 0.111. The molecule has 0 aliphatic rings. The molecule has 4 heteroatoms. The summed E-state index contributed by atoms with van der Waals surface area (Å²) in [5, 5.41) is 17.5. The molecule has 0 saturated carbocycles. The summed E-state index contributed by atoms with van der Waals surface area (Å²) in [5.41, 5.74) is 0.975. The van der Waals surface area contributed by atoms with E-state index in [-0.39, 0.29) is 10.6 Å². The zero-order valence-corrected chi connectivity index (χ0v) is 7.59. The Morgan fingerprint density at radius 1 is 1.62 bits per heavy atom. The van der Waals surface area contributed by atoms with Crippen molar-refractivity contribution in [2.45, 2.75) is 6.92 Å². The number of nitriles is 1. The van der Waals surface area contributed by atoms with Crippen molar-refractivity contribution >= 4 is 17.6 Å². The first-order chi connectivity index (χ1) is 6.06. The third-order valence-electron chi connectivity index (χ3n) is 1.66. The highest BCUT2D eigenvalue weighted by molar-refractivity contribution is 6.33. The Kier molecular flexibility index (Phi) is 2.54. The number of carboxylic acids is 1. The Bertz CT molecular complexity index is 407. The lowest BCUT2D eigenvalue weighted by Gasteiger charge is -2.01. The maximum absolute atomic E-state index is 10.6. The molecule has 0 aromatic heterocycles. The summed E-state index contributed by atoms with van der Waals surface area (Å²) < 4.78 is 0. The first-order valence-corrected chi connectivity index (χ1v) is 3.87. The minimum atomic E-state index is -1.12.